The SMILES string of the molecule is Clc1ccc2c(c1)C1C(CO2)C(c2ccccc2)c2cccc3c2N1[C@H](c1ccccc1)C3. The van der Waals surface area contributed by atoms with Gasteiger partial charge >= 0.3 is 0 Å². The van der Waals surface area contributed by atoms with Crippen LogP contribution in [0.15, 0.2) is 97.1 Å². The van der Waals surface area contributed by atoms with Gasteiger partial charge in [0.2, 0.25) is 0 Å². The highest BCUT2D eigenvalue weighted by molar-refractivity contribution is 6.30. The Bertz CT molecular complexity index is 1340. The Kier molecular flexibility index (Phi) is 4.32. The molecule has 2 nitrogen and oxygen atoms in total. The van der Waals surface area contributed by atoms with Crippen LogP contribution in [-0.2, 0) is 6.42 Å². The van der Waals surface area contributed by atoms with Crippen LogP contribution in [-0.4, -0.2) is 6.61 Å². The molecule has 3 heterocycles. The van der Waals surface area contributed by atoms with E-state index in [2.05, 4.69) is 89.8 Å². The fourth-order valence-electron chi connectivity index (χ4n) is 6.43. The molecule has 3 aliphatic heterocycles. The van der Waals surface area contributed by atoms with E-state index in [1.165, 1.54) is 33.5 Å². The zero-order chi connectivity index (χ0) is 21.9. The molecule has 162 valence electrons. The van der Waals surface area contributed by atoms with Gasteiger partial charge in [0.05, 0.1) is 18.7 Å². The van der Waals surface area contributed by atoms with Gasteiger partial charge in [-0.25, -0.2) is 0 Å². The van der Waals surface area contributed by atoms with Crippen molar-refractivity contribution in [3.8, 4) is 5.75 Å². The van der Waals surface area contributed by atoms with E-state index >= 15 is 0 Å². The summed E-state index contributed by atoms with van der Waals surface area (Å²) in [6.07, 6.45) is 1.02. The summed E-state index contributed by atoms with van der Waals surface area (Å²) < 4.78 is 6.38. The van der Waals surface area contributed by atoms with Crippen molar-refractivity contribution in [1.29, 1.82) is 0 Å². The van der Waals surface area contributed by atoms with E-state index in [-0.39, 0.29) is 12.0 Å². The number of hydrogen-bond donors (Lipinski definition) is 0. The molecule has 0 radical (unpaired) electrons. The molecule has 0 aromatic heterocycles. The van der Waals surface area contributed by atoms with Crippen LogP contribution < -0.4 is 9.64 Å². The van der Waals surface area contributed by atoms with E-state index in [0.717, 1.165) is 17.2 Å². The van der Waals surface area contributed by atoms with E-state index in [1.54, 1.807) is 0 Å². The molecule has 3 aliphatic rings. The molecular weight excluding hydrogens is 426 g/mol. The van der Waals surface area contributed by atoms with Crippen molar-refractivity contribution in [1.82, 2.24) is 0 Å². The second-order valence-corrected chi connectivity index (χ2v) is 9.82. The lowest BCUT2D eigenvalue weighted by molar-refractivity contribution is 0.166. The Hall–Kier alpha value is -3.23. The molecule has 0 spiro atoms. The van der Waals surface area contributed by atoms with Crippen LogP contribution in [0.5, 0.6) is 5.75 Å². The summed E-state index contributed by atoms with van der Waals surface area (Å²) in [6, 6.07) is 35.4. The number of rotatable bonds is 2. The van der Waals surface area contributed by atoms with E-state index in [1.807, 2.05) is 12.1 Å². The molecule has 0 N–H and O–H groups in total. The summed E-state index contributed by atoms with van der Waals surface area (Å²) in [5.41, 5.74) is 8.21. The molecule has 3 heteroatoms. The number of nitrogens with zero attached hydrogens (tertiary/aromatic N) is 1. The van der Waals surface area contributed by atoms with Gasteiger partial charge in [0, 0.05) is 28.1 Å². The van der Waals surface area contributed by atoms with Crippen LogP contribution >= 0.6 is 11.6 Å². The Morgan fingerprint density at radius 3 is 2.30 bits per heavy atom. The minimum Gasteiger partial charge on any atom is -0.493 e. The first-order valence-electron chi connectivity index (χ1n) is 11.7. The van der Waals surface area contributed by atoms with Crippen LogP contribution in [0, 0.1) is 5.92 Å². The highest BCUT2D eigenvalue weighted by atomic mass is 35.5. The first kappa shape index (κ1) is 19.3. The van der Waals surface area contributed by atoms with Crippen molar-refractivity contribution >= 4 is 17.3 Å². The lowest BCUT2D eigenvalue weighted by Gasteiger charge is -2.50. The predicted octanol–water partition coefficient (Wildman–Crippen LogP) is 7.34. The van der Waals surface area contributed by atoms with Gasteiger partial charge in [0.25, 0.3) is 0 Å². The summed E-state index contributed by atoms with van der Waals surface area (Å²) in [7, 11) is 0. The maximum Gasteiger partial charge on any atom is 0.124 e. The number of halogens is 1. The lowest BCUT2D eigenvalue weighted by Crippen LogP contribution is -2.45. The van der Waals surface area contributed by atoms with E-state index in [9.17, 15) is 0 Å². The van der Waals surface area contributed by atoms with Crippen LogP contribution in [0.25, 0.3) is 0 Å². The third-order valence-corrected chi connectivity index (χ3v) is 7.93. The van der Waals surface area contributed by atoms with Gasteiger partial charge in [-0.1, -0.05) is 90.5 Å². The monoisotopic (exact) mass is 449 g/mol. The molecule has 0 bridgehead atoms. The third-order valence-electron chi connectivity index (χ3n) is 7.69. The lowest BCUT2D eigenvalue weighted by atomic mass is 9.70. The summed E-state index contributed by atoms with van der Waals surface area (Å²) in [5, 5.41) is 0.767. The van der Waals surface area contributed by atoms with E-state index in [4.69, 9.17) is 16.3 Å². The Morgan fingerprint density at radius 2 is 1.52 bits per heavy atom. The number of para-hydroxylation sites is 1. The van der Waals surface area contributed by atoms with Crippen molar-refractivity contribution < 1.29 is 4.74 Å². The summed E-state index contributed by atoms with van der Waals surface area (Å²) in [5.74, 6) is 1.54. The number of anilines is 1. The maximum atomic E-state index is 6.54. The maximum absolute atomic E-state index is 6.54. The summed E-state index contributed by atoms with van der Waals surface area (Å²) >= 11 is 6.54. The molecule has 3 unspecified atom stereocenters. The van der Waals surface area contributed by atoms with Gasteiger partial charge in [-0.15, -0.1) is 0 Å². The van der Waals surface area contributed by atoms with E-state index in [0.29, 0.717) is 18.6 Å². The number of fused-ring (bicyclic) bond motifs is 4. The average Bonchev–Trinajstić information content (AvgIpc) is 3.26. The van der Waals surface area contributed by atoms with Gasteiger partial charge in [0.15, 0.2) is 0 Å². The van der Waals surface area contributed by atoms with Gasteiger partial charge in [0.1, 0.15) is 5.75 Å². The molecule has 33 heavy (non-hydrogen) atoms. The number of benzene rings is 4. The summed E-state index contributed by atoms with van der Waals surface area (Å²) in [6.45, 7) is 0.695. The molecule has 0 saturated heterocycles. The smallest absolute Gasteiger partial charge is 0.124 e. The standard InChI is InChI=1S/C30H24ClNO/c31-22-14-15-27-24(17-22)30-25(18-33-27)28(20-10-5-2-6-11-20)23-13-7-12-21-16-26(32(30)29(21)23)19-8-3-1-4-9-19/h1-15,17,25-26,28,30H,16,18H2/t25?,26-,28?,30?/m0/s1. The minimum absolute atomic E-state index is 0.207. The molecule has 4 aromatic rings. The average molecular weight is 450 g/mol. The Labute approximate surface area is 199 Å². The third kappa shape index (κ3) is 2.87. The number of hydrogen-bond acceptors (Lipinski definition) is 2. The molecule has 0 amide bonds. The summed E-state index contributed by atoms with van der Waals surface area (Å²) in [4.78, 5) is 2.70. The minimum atomic E-state index is 0.207. The number of ether oxygens (including phenoxy) is 1. The first-order chi connectivity index (χ1) is 16.3. The molecule has 4 atom stereocenters. The second kappa shape index (κ2) is 7.40. The quantitative estimate of drug-likeness (QED) is 0.317. The Morgan fingerprint density at radius 1 is 0.758 bits per heavy atom. The van der Waals surface area contributed by atoms with Crippen LogP contribution in [0.1, 0.15) is 45.8 Å². The van der Waals surface area contributed by atoms with Crippen LogP contribution in [0.3, 0.4) is 0 Å². The highest BCUT2D eigenvalue weighted by Gasteiger charge is 2.51. The molecule has 0 saturated carbocycles. The fourth-order valence-corrected chi connectivity index (χ4v) is 6.61. The van der Waals surface area contributed by atoms with Gasteiger partial charge < -0.3 is 9.64 Å². The van der Waals surface area contributed by atoms with Crippen LogP contribution in [0.2, 0.25) is 5.02 Å². The van der Waals surface area contributed by atoms with Gasteiger partial charge in [-0.3, -0.25) is 0 Å². The van der Waals surface area contributed by atoms with Crippen molar-refractivity contribution in [2.75, 3.05) is 11.5 Å². The molecule has 7 rings (SSSR count). The van der Waals surface area contributed by atoms with Crippen molar-refractivity contribution in [2.45, 2.75) is 24.4 Å². The van der Waals surface area contributed by atoms with Crippen LogP contribution in [0.4, 0.5) is 5.69 Å². The van der Waals surface area contributed by atoms with Gasteiger partial charge in [-0.05, 0) is 46.9 Å². The van der Waals surface area contributed by atoms with Crippen molar-refractivity contribution in [3.05, 3.63) is 130 Å². The van der Waals surface area contributed by atoms with Crippen molar-refractivity contribution in [2.24, 2.45) is 5.92 Å². The highest BCUT2D eigenvalue weighted by Crippen LogP contribution is 2.60. The predicted molar refractivity (Wildman–Crippen MR) is 133 cm³/mol. The van der Waals surface area contributed by atoms with Crippen molar-refractivity contribution in [3.63, 3.8) is 0 Å². The second-order valence-electron chi connectivity index (χ2n) is 9.38. The molecule has 4 aromatic carbocycles. The fraction of sp³-hybridized carbons (Fsp3) is 0.200. The zero-order valence-electron chi connectivity index (χ0n) is 18.2. The van der Waals surface area contributed by atoms with Gasteiger partial charge in [-0.2, -0.15) is 0 Å². The zero-order valence-corrected chi connectivity index (χ0v) is 19.0. The molecule has 0 aliphatic carbocycles. The van der Waals surface area contributed by atoms with E-state index < -0.39 is 0 Å². The molecule has 0 fully saturated rings. The topological polar surface area (TPSA) is 12.5 Å². The normalized spacial score (nSPS) is 24.5. The Balaban J connectivity index is 1.50. The first-order valence-corrected chi connectivity index (χ1v) is 12.1. The largest absolute Gasteiger partial charge is 0.493 e. The molecular formula is C30H24ClNO.